The van der Waals surface area contributed by atoms with Crippen LogP contribution in [0.4, 0.5) is 0 Å². The third-order valence-corrected chi connectivity index (χ3v) is 9.35. The lowest BCUT2D eigenvalue weighted by Crippen LogP contribution is -2.35. The molecule has 1 fully saturated rings. The summed E-state index contributed by atoms with van der Waals surface area (Å²) in [4.78, 5) is 12.9. The van der Waals surface area contributed by atoms with Gasteiger partial charge in [-0.1, -0.05) is 43.7 Å². The number of hydrogen-bond acceptors (Lipinski definition) is 5. The fraction of sp³-hybridized carbons (Fsp3) is 0.375. The van der Waals surface area contributed by atoms with E-state index in [0.29, 0.717) is 23.8 Å². The van der Waals surface area contributed by atoms with Crippen LogP contribution in [-0.2, 0) is 24.7 Å². The van der Waals surface area contributed by atoms with Gasteiger partial charge in [-0.25, -0.2) is 16.8 Å². The first-order valence-electron chi connectivity index (χ1n) is 11.1. The molecule has 1 heterocycles. The van der Waals surface area contributed by atoms with Gasteiger partial charge in [-0.05, 0) is 60.7 Å². The summed E-state index contributed by atoms with van der Waals surface area (Å²) in [7, 11) is -7.23. The highest BCUT2D eigenvalue weighted by Gasteiger charge is 2.35. The molecule has 184 valence electrons. The van der Waals surface area contributed by atoms with Gasteiger partial charge in [0.2, 0.25) is 15.9 Å². The molecule has 0 bridgehead atoms. The number of benzene rings is 2. The number of halogens is 1. The molecule has 2 aromatic carbocycles. The van der Waals surface area contributed by atoms with Gasteiger partial charge in [0.1, 0.15) is 0 Å². The highest BCUT2D eigenvalue weighted by molar-refractivity contribution is 7.94. The van der Waals surface area contributed by atoms with Gasteiger partial charge in [0, 0.05) is 30.1 Å². The SMILES string of the molecule is CC(C)c1ccc(S(=O)(=O)N2CCC(C(=O)NCC/C=C/S(=O)(=O)c3ccc(Cl)cc3)C2)cc1. The van der Waals surface area contributed by atoms with Crippen LogP contribution in [0.15, 0.2) is 69.8 Å². The average molecular weight is 525 g/mol. The zero-order valence-corrected chi connectivity index (χ0v) is 21.5. The number of sulfonamides is 1. The van der Waals surface area contributed by atoms with Crippen LogP contribution < -0.4 is 5.32 Å². The number of sulfone groups is 1. The summed E-state index contributed by atoms with van der Waals surface area (Å²) in [6, 6.07) is 12.7. The van der Waals surface area contributed by atoms with E-state index in [-0.39, 0.29) is 35.3 Å². The smallest absolute Gasteiger partial charge is 0.243 e. The van der Waals surface area contributed by atoms with Crippen molar-refractivity contribution in [2.75, 3.05) is 19.6 Å². The summed E-state index contributed by atoms with van der Waals surface area (Å²) in [6.07, 6.45) is 2.25. The topological polar surface area (TPSA) is 101 Å². The minimum absolute atomic E-state index is 0.126. The van der Waals surface area contributed by atoms with Crippen LogP contribution in [0.1, 0.15) is 38.2 Å². The molecular weight excluding hydrogens is 496 g/mol. The maximum atomic E-state index is 12.9. The molecule has 2 aromatic rings. The third kappa shape index (κ3) is 6.47. The molecule has 1 saturated heterocycles. The predicted molar refractivity (Wildman–Crippen MR) is 133 cm³/mol. The summed E-state index contributed by atoms with van der Waals surface area (Å²) in [5, 5.41) is 4.33. The molecule has 1 amide bonds. The first-order chi connectivity index (χ1) is 16.0. The van der Waals surface area contributed by atoms with Crippen molar-refractivity contribution >= 4 is 37.4 Å². The number of rotatable bonds is 9. The van der Waals surface area contributed by atoms with Crippen LogP contribution in [0.3, 0.4) is 0 Å². The van der Waals surface area contributed by atoms with E-state index < -0.39 is 25.8 Å². The first kappa shape index (κ1) is 26.4. The van der Waals surface area contributed by atoms with Gasteiger partial charge < -0.3 is 5.32 Å². The molecule has 1 aliphatic heterocycles. The van der Waals surface area contributed by atoms with Crippen molar-refractivity contribution in [1.82, 2.24) is 9.62 Å². The van der Waals surface area contributed by atoms with Crippen molar-refractivity contribution in [2.24, 2.45) is 5.92 Å². The molecule has 1 atom stereocenters. The Kier molecular flexibility index (Phi) is 8.57. The normalized spacial score (nSPS) is 17.5. The highest BCUT2D eigenvalue weighted by Crippen LogP contribution is 2.26. The van der Waals surface area contributed by atoms with E-state index in [2.05, 4.69) is 5.32 Å². The van der Waals surface area contributed by atoms with Crippen molar-refractivity contribution in [3.05, 3.63) is 70.6 Å². The zero-order chi connectivity index (χ0) is 24.9. The largest absolute Gasteiger partial charge is 0.356 e. The molecule has 0 radical (unpaired) electrons. The first-order valence-corrected chi connectivity index (χ1v) is 14.4. The molecule has 3 rings (SSSR count). The fourth-order valence-corrected chi connectivity index (χ4v) is 6.34. The Morgan fingerprint density at radius 1 is 1.06 bits per heavy atom. The van der Waals surface area contributed by atoms with Gasteiger partial charge in [0.25, 0.3) is 0 Å². The molecule has 1 aliphatic rings. The Labute approximate surface area is 206 Å². The van der Waals surface area contributed by atoms with Gasteiger partial charge in [-0.3, -0.25) is 4.79 Å². The third-order valence-electron chi connectivity index (χ3n) is 5.73. The summed E-state index contributed by atoms with van der Waals surface area (Å²) in [5.41, 5.74) is 1.06. The number of carbonyl (C=O) groups is 1. The number of amides is 1. The molecule has 7 nitrogen and oxygen atoms in total. The van der Waals surface area contributed by atoms with Crippen molar-refractivity contribution in [2.45, 2.75) is 42.4 Å². The van der Waals surface area contributed by atoms with Gasteiger partial charge in [-0.2, -0.15) is 4.31 Å². The maximum absolute atomic E-state index is 12.9. The van der Waals surface area contributed by atoms with Crippen molar-refractivity contribution < 1.29 is 21.6 Å². The van der Waals surface area contributed by atoms with Crippen LogP contribution >= 0.6 is 11.6 Å². The minimum atomic E-state index is -3.65. The van der Waals surface area contributed by atoms with Gasteiger partial charge in [0.05, 0.1) is 15.7 Å². The molecule has 0 spiro atoms. The van der Waals surface area contributed by atoms with Crippen LogP contribution in [0.2, 0.25) is 5.02 Å². The lowest BCUT2D eigenvalue weighted by atomic mass is 10.0. The van der Waals surface area contributed by atoms with E-state index in [1.54, 1.807) is 12.1 Å². The zero-order valence-electron chi connectivity index (χ0n) is 19.1. The monoisotopic (exact) mass is 524 g/mol. The summed E-state index contributed by atoms with van der Waals surface area (Å²) >= 11 is 5.78. The fourth-order valence-electron chi connectivity index (χ4n) is 3.65. The number of carbonyl (C=O) groups excluding carboxylic acids is 1. The van der Waals surface area contributed by atoms with E-state index in [0.717, 1.165) is 11.0 Å². The maximum Gasteiger partial charge on any atom is 0.243 e. The molecular formula is C24H29ClN2O5S2. The number of nitrogens with one attached hydrogen (secondary N) is 1. The summed E-state index contributed by atoms with van der Waals surface area (Å²) < 4.78 is 51.8. The van der Waals surface area contributed by atoms with Crippen molar-refractivity contribution in [3.63, 3.8) is 0 Å². The second-order valence-corrected chi connectivity index (χ2v) is 12.7. The van der Waals surface area contributed by atoms with E-state index >= 15 is 0 Å². The Balaban J connectivity index is 1.49. The molecule has 0 saturated carbocycles. The molecule has 10 heteroatoms. The summed E-state index contributed by atoms with van der Waals surface area (Å²) in [6.45, 7) is 4.75. The van der Waals surface area contributed by atoms with Gasteiger partial charge >= 0.3 is 0 Å². The standard InChI is InChI=1S/C24H29ClN2O5S2/c1-18(2)19-5-9-23(10-6-19)34(31,32)27-15-13-20(17-27)24(28)26-14-3-4-16-33(29,30)22-11-7-21(25)8-12-22/h4-12,16,18,20H,3,13-15,17H2,1-2H3,(H,26,28)/b16-4+. The molecule has 0 aromatic heterocycles. The minimum Gasteiger partial charge on any atom is -0.356 e. The average Bonchev–Trinajstić information content (AvgIpc) is 3.30. The number of nitrogens with zero attached hydrogens (tertiary/aromatic N) is 1. The highest BCUT2D eigenvalue weighted by atomic mass is 35.5. The van der Waals surface area contributed by atoms with E-state index in [1.165, 1.54) is 34.6 Å². The quantitative estimate of drug-likeness (QED) is 0.500. The molecule has 1 N–H and O–H groups in total. The van der Waals surface area contributed by atoms with Gasteiger partial charge in [0.15, 0.2) is 9.84 Å². The lowest BCUT2D eigenvalue weighted by molar-refractivity contribution is -0.124. The Hall–Kier alpha value is -2.20. The summed E-state index contributed by atoms with van der Waals surface area (Å²) in [5.74, 6) is -0.364. The number of hydrogen-bond donors (Lipinski definition) is 1. The molecule has 34 heavy (non-hydrogen) atoms. The van der Waals surface area contributed by atoms with E-state index in [4.69, 9.17) is 11.6 Å². The molecule has 1 unspecified atom stereocenters. The molecule has 0 aliphatic carbocycles. The lowest BCUT2D eigenvalue weighted by Gasteiger charge is -2.17. The predicted octanol–water partition coefficient (Wildman–Crippen LogP) is 3.97. The van der Waals surface area contributed by atoms with Crippen molar-refractivity contribution in [1.29, 1.82) is 0 Å². The van der Waals surface area contributed by atoms with Crippen molar-refractivity contribution in [3.8, 4) is 0 Å². The van der Waals surface area contributed by atoms with Crippen LogP contribution in [0.5, 0.6) is 0 Å². The second kappa shape index (κ2) is 11.0. The Morgan fingerprint density at radius 3 is 2.29 bits per heavy atom. The van der Waals surface area contributed by atoms with Crippen LogP contribution in [0.25, 0.3) is 0 Å². The Morgan fingerprint density at radius 2 is 1.68 bits per heavy atom. The Bertz CT molecular complexity index is 1240. The van der Waals surface area contributed by atoms with Crippen LogP contribution in [-0.4, -0.2) is 46.7 Å². The van der Waals surface area contributed by atoms with E-state index in [9.17, 15) is 21.6 Å². The van der Waals surface area contributed by atoms with E-state index in [1.807, 2.05) is 26.0 Å². The van der Waals surface area contributed by atoms with Crippen LogP contribution in [0, 0.1) is 5.92 Å². The second-order valence-electron chi connectivity index (χ2n) is 8.52. The van der Waals surface area contributed by atoms with Gasteiger partial charge in [-0.15, -0.1) is 0 Å².